The molecule has 1 aliphatic heterocycles. The summed E-state index contributed by atoms with van der Waals surface area (Å²) >= 11 is 0. The molecule has 0 bridgehead atoms. The fourth-order valence-corrected chi connectivity index (χ4v) is 1.89. The number of aliphatic imine (C=N–C) groups is 2. The van der Waals surface area contributed by atoms with Crippen LogP contribution in [0.1, 0.15) is 18.1 Å². The van der Waals surface area contributed by atoms with Crippen LogP contribution in [0.25, 0.3) is 5.70 Å². The van der Waals surface area contributed by atoms with Gasteiger partial charge in [-0.15, -0.1) is 0 Å². The van der Waals surface area contributed by atoms with E-state index >= 15 is 0 Å². The standard InChI is InChI=1S/C15H13N5/c1-11-19-14(12-2-6-16-7-3-12)10-18-15(20-11)13-4-8-17-9-5-13/h2-10H,1H3,(H,18,19,20). The van der Waals surface area contributed by atoms with E-state index in [9.17, 15) is 0 Å². The average molecular weight is 263 g/mol. The molecule has 0 atom stereocenters. The quantitative estimate of drug-likeness (QED) is 0.903. The van der Waals surface area contributed by atoms with Gasteiger partial charge in [0, 0.05) is 35.9 Å². The molecule has 0 aliphatic carbocycles. The van der Waals surface area contributed by atoms with E-state index in [0.717, 1.165) is 22.7 Å². The first-order chi connectivity index (χ1) is 9.83. The van der Waals surface area contributed by atoms with Gasteiger partial charge in [-0.1, -0.05) is 0 Å². The van der Waals surface area contributed by atoms with Crippen molar-refractivity contribution in [3.8, 4) is 0 Å². The van der Waals surface area contributed by atoms with Crippen molar-refractivity contribution in [1.82, 2.24) is 15.3 Å². The van der Waals surface area contributed by atoms with E-state index in [-0.39, 0.29) is 0 Å². The summed E-state index contributed by atoms with van der Waals surface area (Å²) in [4.78, 5) is 17.0. The third kappa shape index (κ3) is 2.61. The largest absolute Gasteiger partial charge is 0.342 e. The van der Waals surface area contributed by atoms with Crippen molar-refractivity contribution in [1.29, 1.82) is 0 Å². The summed E-state index contributed by atoms with van der Waals surface area (Å²) in [5, 5.41) is 3.25. The maximum Gasteiger partial charge on any atom is 0.161 e. The fraction of sp³-hybridized carbons (Fsp3) is 0.0667. The molecule has 3 rings (SSSR count). The van der Waals surface area contributed by atoms with Crippen LogP contribution in [0.3, 0.4) is 0 Å². The van der Waals surface area contributed by atoms with E-state index in [1.807, 2.05) is 31.2 Å². The number of pyridine rings is 2. The molecule has 98 valence electrons. The summed E-state index contributed by atoms with van der Waals surface area (Å²) in [5.41, 5.74) is 2.86. The maximum atomic E-state index is 4.48. The smallest absolute Gasteiger partial charge is 0.161 e. The highest BCUT2D eigenvalue weighted by atomic mass is 15.1. The zero-order valence-electron chi connectivity index (χ0n) is 11.0. The molecule has 5 heteroatoms. The van der Waals surface area contributed by atoms with E-state index in [4.69, 9.17) is 0 Å². The highest BCUT2D eigenvalue weighted by molar-refractivity contribution is 6.08. The molecule has 2 aromatic heterocycles. The monoisotopic (exact) mass is 263 g/mol. The highest BCUT2D eigenvalue weighted by Crippen LogP contribution is 2.13. The number of rotatable bonds is 2. The lowest BCUT2D eigenvalue weighted by Crippen LogP contribution is -2.18. The molecule has 0 aromatic carbocycles. The molecule has 3 heterocycles. The molecule has 5 nitrogen and oxygen atoms in total. The van der Waals surface area contributed by atoms with Crippen LogP contribution < -0.4 is 5.32 Å². The van der Waals surface area contributed by atoms with Gasteiger partial charge in [0.05, 0.1) is 11.9 Å². The van der Waals surface area contributed by atoms with Gasteiger partial charge in [-0.05, 0) is 31.2 Å². The lowest BCUT2D eigenvalue weighted by atomic mass is 10.2. The van der Waals surface area contributed by atoms with Crippen molar-refractivity contribution in [3.63, 3.8) is 0 Å². The summed E-state index contributed by atoms with van der Waals surface area (Å²) in [7, 11) is 0. The molecule has 1 N–H and O–H groups in total. The Bertz CT molecular complexity index is 687. The van der Waals surface area contributed by atoms with E-state index in [1.165, 1.54) is 0 Å². The molecule has 0 amide bonds. The van der Waals surface area contributed by atoms with Crippen LogP contribution >= 0.6 is 0 Å². The van der Waals surface area contributed by atoms with E-state index < -0.39 is 0 Å². The summed E-state index contributed by atoms with van der Waals surface area (Å²) in [6.45, 7) is 1.91. The maximum absolute atomic E-state index is 4.48. The minimum absolute atomic E-state index is 0.668. The molecular formula is C15H13N5. The van der Waals surface area contributed by atoms with Crippen LogP contribution in [0.2, 0.25) is 0 Å². The molecule has 1 aliphatic rings. The van der Waals surface area contributed by atoms with E-state index in [0.29, 0.717) is 5.84 Å². The third-order valence-corrected chi connectivity index (χ3v) is 2.83. The van der Waals surface area contributed by atoms with Gasteiger partial charge in [0.15, 0.2) is 5.84 Å². The number of amidine groups is 2. The highest BCUT2D eigenvalue weighted by Gasteiger charge is 2.09. The Morgan fingerprint density at radius 3 is 2.10 bits per heavy atom. The van der Waals surface area contributed by atoms with Crippen LogP contribution in [0.4, 0.5) is 0 Å². The summed E-state index contributed by atoms with van der Waals surface area (Å²) < 4.78 is 0. The van der Waals surface area contributed by atoms with Gasteiger partial charge in [0.1, 0.15) is 5.84 Å². The third-order valence-electron chi connectivity index (χ3n) is 2.83. The van der Waals surface area contributed by atoms with Crippen molar-refractivity contribution in [2.24, 2.45) is 9.98 Å². The summed E-state index contributed by atoms with van der Waals surface area (Å²) in [5.74, 6) is 1.46. The normalized spacial score (nSPS) is 14.6. The second-order valence-electron chi connectivity index (χ2n) is 4.29. The second kappa shape index (κ2) is 5.44. The Labute approximate surface area is 116 Å². The summed E-state index contributed by atoms with van der Waals surface area (Å²) in [6.07, 6.45) is 8.75. The van der Waals surface area contributed by atoms with E-state index in [1.54, 1.807) is 31.0 Å². The summed E-state index contributed by atoms with van der Waals surface area (Å²) in [6, 6.07) is 7.64. The van der Waals surface area contributed by atoms with Crippen molar-refractivity contribution < 1.29 is 0 Å². The lowest BCUT2D eigenvalue weighted by molar-refractivity contribution is 1.24. The van der Waals surface area contributed by atoms with Gasteiger partial charge in [-0.2, -0.15) is 0 Å². The van der Waals surface area contributed by atoms with Crippen LogP contribution in [0, 0.1) is 0 Å². The number of aromatic nitrogens is 2. The predicted octanol–water partition coefficient (Wildman–Crippen LogP) is 2.24. The molecule has 0 saturated carbocycles. The van der Waals surface area contributed by atoms with Crippen molar-refractivity contribution in [2.75, 3.05) is 0 Å². The topological polar surface area (TPSA) is 62.5 Å². The Morgan fingerprint density at radius 1 is 0.850 bits per heavy atom. The van der Waals surface area contributed by atoms with Crippen LogP contribution in [-0.2, 0) is 0 Å². The molecule has 0 spiro atoms. The average Bonchev–Trinajstić information content (AvgIpc) is 2.71. The van der Waals surface area contributed by atoms with Gasteiger partial charge < -0.3 is 5.32 Å². The fourth-order valence-electron chi connectivity index (χ4n) is 1.89. The van der Waals surface area contributed by atoms with Crippen molar-refractivity contribution >= 4 is 17.4 Å². The molecule has 0 fully saturated rings. The zero-order chi connectivity index (χ0) is 13.8. The van der Waals surface area contributed by atoms with Gasteiger partial charge in [-0.25, -0.2) is 9.98 Å². The minimum atomic E-state index is 0.668. The van der Waals surface area contributed by atoms with Crippen LogP contribution in [-0.4, -0.2) is 21.6 Å². The van der Waals surface area contributed by atoms with Crippen molar-refractivity contribution in [3.05, 3.63) is 66.4 Å². The second-order valence-corrected chi connectivity index (χ2v) is 4.29. The Morgan fingerprint density at radius 2 is 1.45 bits per heavy atom. The molecular weight excluding hydrogens is 250 g/mol. The SMILES string of the molecule is CC1=NC(c2ccncc2)=NC=C(c2ccncc2)N1. The molecule has 2 aromatic rings. The first kappa shape index (κ1) is 12.2. The molecule has 20 heavy (non-hydrogen) atoms. The van der Waals surface area contributed by atoms with Crippen molar-refractivity contribution in [2.45, 2.75) is 6.92 Å². The Balaban J connectivity index is 2.00. The van der Waals surface area contributed by atoms with Crippen LogP contribution in [0.5, 0.6) is 0 Å². The first-order valence-corrected chi connectivity index (χ1v) is 6.24. The number of nitrogens with zero attached hydrogens (tertiary/aromatic N) is 4. The Kier molecular flexibility index (Phi) is 3.33. The zero-order valence-corrected chi connectivity index (χ0v) is 11.0. The molecule has 0 unspecified atom stereocenters. The van der Waals surface area contributed by atoms with Crippen LogP contribution in [0.15, 0.2) is 65.2 Å². The number of nitrogens with one attached hydrogen (secondary N) is 1. The lowest BCUT2D eigenvalue weighted by Gasteiger charge is -2.07. The predicted molar refractivity (Wildman–Crippen MR) is 79.2 cm³/mol. The van der Waals surface area contributed by atoms with E-state index in [2.05, 4.69) is 25.3 Å². The number of hydrogen-bond donors (Lipinski definition) is 1. The van der Waals surface area contributed by atoms with Gasteiger partial charge in [0.25, 0.3) is 0 Å². The minimum Gasteiger partial charge on any atom is -0.342 e. The van der Waals surface area contributed by atoms with Gasteiger partial charge >= 0.3 is 0 Å². The molecule has 0 saturated heterocycles. The first-order valence-electron chi connectivity index (χ1n) is 6.24. The van der Waals surface area contributed by atoms with Gasteiger partial charge in [-0.3, -0.25) is 9.97 Å². The molecule has 0 radical (unpaired) electrons. The van der Waals surface area contributed by atoms with Gasteiger partial charge in [0.2, 0.25) is 0 Å². The number of hydrogen-bond acceptors (Lipinski definition) is 5. The Hall–Kier alpha value is -2.82.